The summed E-state index contributed by atoms with van der Waals surface area (Å²) in [7, 11) is 0. The van der Waals surface area contributed by atoms with E-state index in [0.29, 0.717) is 11.7 Å². The minimum absolute atomic E-state index is 0.0721. The SMILES string of the molecule is CC1c2nc(N)sc2CCN1C(=O)OC(C)(C)C. The zero-order valence-electron chi connectivity index (χ0n) is 11.2. The van der Waals surface area contributed by atoms with Gasteiger partial charge in [-0.25, -0.2) is 9.78 Å². The van der Waals surface area contributed by atoms with Crippen molar-refractivity contribution in [2.24, 2.45) is 0 Å². The molecule has 1 amide bonds. The van der Waals surface area contributed by atoms with Crippen LogP contribution in [0.5, 0.6) is 0 Å². The van der Waals surface area contributed by atoms with Gasteiger partial charge in [-0.1, -0.05) is 0 Å². The van der Waals surface area contributed by atoms with Crippen LogP contribution >= 0.6 is 11.3 Å². The average molecular weight is 269 g/mol. The smallest absolute Gasteiger partial charge is 0.410 e. The molecular weight excluding hydrogens is 250 g/mol. The number of anilines is 1. The molecule has 1 aromatic rings. The maximum atomic E-state index is 12.1. The van der Waals surface area contributed by atoms with Crippen molar-refractivity contribution in [2.45, 2.75) is 45.8 Å². The van der Waals surface area contributed by atoms with Crippen molar-refractivity contribution >= 4 is 22.6 Å². The largest absolute Gasteiger partial charge is 0.444 e. The van der Waals surface area contributed by atoms with Gasteiger partial charge in [-0.2, -0.15) is 0 Å². The van der Waals surface area contributed by atoms with Crippen molar-refractivity contribution in [3.63, 3.8) is 0 Å². The number of carbonyl (C=O) groups excluding carboxylic acids is 1. The summed E-state index contributed by atoms with van der Waals surface area (Å²) in [5.41, 5.74) is 6.15. The fraction of sp³-hybridized carbons (Fsp3) is 0.667. The number of amides is 1. The van der Waals surface area contributed by atoms with Crippen molar-refractivity contribution in [3.8, 4) is 0 Å². The Morgan fingerprint density at radius 2 is 2.22 bits per heavy atom. The first-order chi connectivity index (χ1) is 8.28. The monoisotopic (exact) mass is 269 g/mol. The topological polar surface area (TPSA) is 68.5 Å². The first-order valence-electron chi connectivity index (χ1n) is 6.02. The van der Waals surface area contributed by atoms with E-state index in [1.807, 2.05) is 27.7 Å². The number of aromatic nitrogens is 1. The fourth-order valence-corrected chi connectivity index (χ4v) is 2.93. The molecule has 0 spiro atoms. The average Bonchev–Trinajstić information content (AvgIpc) is 2.57. The molecule has 2 rings (SSSR count). The van der Waals surface area contributed by atoms with E-state index in [4.69, 9.17) is 10.5 Å². The Labute approximate surface area is 111 Å². The molecule has 0 aliphatic carbocycles. The van der Waals surface area contributed by atoms with Gasteiger partial charge in [0.05, 0.1) is 11.7 Å². The van der Waals surface area contributed by atoms with Crippen molar-refractivity contribution in [3.05, 3.63) is 10.6 Å². The van der Waals surface area contributed by atoms with Gasteiger partial charge >= 0.3 is 6.09 Å². The van der Waals surface area contributed by atoms with E-state index >= 15 is 0 Å². The molecule has 0 radical (unpaired) electrons. The molecule has 1 aliphatic rings. The summed E-state index contributed by atoms with van der Waals surface area (Å²) < 4.78 is 5.40. The number of hydrogen-bond acceptors (Lipinski definition) is 5. The molecule has 100 valence electrons. The number of nitrogens with two attached hydrogens (primary N) is 1. The third-order valence-corrected chi connectivity index (χ3v) is 3.78. The molecule has 18 heavy (non-hydrogen) atoms. The predicted molar refractivity (Wildman–Crippen MR) is 71.6 cm³/mol. The third kappa shape index (κ3) is 2.58. The second-order valence-electron chi connectivity index (χ2n) is 5.46. The van der Waals surface area contributed by atoms with Gasteiger partial charge in [0.1, 0.15) is 5.60 Å². The van der Waals surface area contributed by atoms with E-state index in [2.05, 4.69) is 4.98 Å². The van der Waals surface area contributed by atoms with Gasteiger partial charge < -0.3 is 10.5 Å². The number of rotatable bonds is 0. The number of carbonyl (C=O) groups is 1. The molecular formula is C12H19N3O2S. The molecule has 0 bridgehead atoms. The van der Waals surface area contributed by atoms with Crippen molar-refractivity contribution in [2.75, 3.05) is 12.3 Å². The lowest BCUT2D eigenvalue weighted by molar-refractivity contribution is 0.0157. The van der Waals surface area contributed by atoms with E-state index in [1.54, 1.807) is 4.90 Å². The van der Waals surface area contributed by atoms with E-state index in [0.717, 1.165) is 12.1 Å². The van der Waals surface area contributed by atoms with Gasteiger partial charge in [0, 0.05) is 17.8 Å². The second-order valence-corrected chi connectivity index (χ2v) is 6.58. The van der Waals surface area contributed by atoms with Gasteiger partial charge in [-0.05, 0) is 27.7 Å². The van der Waals surface area contributed by atoms with Crippen molar-refractivity contribution < 1.29 is 9.53 Å². The van der Waals surface area contributed by atoms with Gasteiger partial charge in [-0.3, -0.25) is 4.90 Å². The summed E-state index contributed by atoms with van der Waals surface area (Å²) in [6, 6.07) is -0.0721. The normalized spacial score (nSPS) is 19.6. The van der Waals surface area contributed by atoms with Crippen LogP contribution in [0.2, 0.25) is 0 Å². The molecule has 0 saturated carbocycles. The van der Waals surface area contributed by atoms with E-state index < -0.39 is 5.60 Å². The highest BCUT2D eigenvalue weighted by molar-refractivity contribution is 7.15. The number of nitrogens with zero attached hydrogens (tertiary/aromatic N) is 2. The van der Waals surface area contributed by atoms with Crippen molar-refractivity contribution in [1.82, 2.24) is 9.88 Å². The zero-order chi connectivity index (χ0) is 13.5. The number of nitrogen functional groups attached to an aromatic ring is 1. The summed E-state index contributed by atoms with van der Waals surface area (Å²) in [6.07, 6.45) is 0.514. The van der Waals surface area contributed by atoms with E-state index in [-0.39, 0.29) is 12.1 Å². The quantitative estimate of drug-likeness (QED) is 0.786. The van der Waals surface area contributed by atoms with Crippen LogP contribution in [0.25, 0.3) is 0 Å². The maximum absolute atomic E-state index is 12.1. The Morgan fingerprint density at radius 1 is 1.56 bits per heavy atom. The standard InChI is InChI=1S/C12H19N3O2S/c1-7-9-8(18-10(13)14-9)5-6-15(7)11(16)17-12(2,3)4/h7H,5-6H2,1-4H3,(H2,13,14). The van der Waals surface area contributed by atoms with Gasteiger partial charge in [-0.15, -0.1) is 11.3 Å². The number of ether oxygens (including phenoxy) is 1. The Morgan fingerprint density at radius 3 is 2.83 bits per heavy atom. The highest BCUT2D eigenvalue weighted by Crippen LogP contribution is 2.34. The van der Waals surface area contributed by atoms with Crippen LogP contribution in [0.15, 0.2) is 0 Å². The molecule has 1 atom stereocenters. The molecule has 5 nitrogen and oxygen atoms in total. The molecule has 6 heteroatoms. The first-order valence-corrected chi connectivity index (χ1v) is 6.84. The molecule has 1 aromatic heterocycles. The highest BCUT2D eigenvalue weighted by atomic mass is 32.1. The summed E-state index contributed by atoms with van der Waals surface area (Å²) in [5, 5.41) is 0.567. The lowest BCUT2D eigenvalue weighted by atomic mass is 10.1. The summed E-state index contributed by atoms with van der Waals surface area (Å²) in [4.78, 5) is 19.3. The molecule has 1 aliphatic heterocycles. The number of fused-ring (bicyclic) bond motifs is 1. The number of hydrogen-bond donors (Lipinski definition) is 1. The predicted octanol–water partition coefficient (Wildman–Crippen LogP) is 2.58. The maximum Gasteiger partial charge on any atom is 0.410 e. The molecule has 0 saturated heterocycles. The lowest BCUT2D eigenvalue weighted by Crippen LogP contribution is -2.41. The minimum Gasteiger partial charge on any atom is -0.444 e. The van der Waals surface area contributed by atoms with Gasteiger partial charge in [0.15, 0.2) is 5.13 Å². The molecule has 2 heterocycles. The summed E-state index contributed by atoms with van der Waals surface area (Å²) in [5.74, 6) is 0. The van der Waals surface area contributed by atoms with E-state index in [9.17, 15) is 4.79 Å². The fourth-order valence-electron chi connectivity index (χ4n) is 2.02. The van der Waals surface area contributed by atoms with Gasteiger partial charge in [0.25, 0.3) is 0 Å². The van der Waals surface area contributed by atoms with Gasteiger partial charge in [0.2, 0.25) is 0 Å². The van der Waals surface area contributed by atoms with Crippen LogP contribution in [0.1, 0.15) is 44.3 Å². The lowest BCUT2D eigenvalue weighted by Gasteiger charge is -2.34. The highest BCUT2D eigenvalue weighted by Gasteiger charge is 2.33. The second kappa shape index (κ2) is 4.42. The van der Waals surface area contributed by atoms with Crippen LogP contribution in [0, 0.1) is 0 Å². The van der Waals surface area contributed by atoms with E-state index in [1.165, 1.54) is 16.2 Å². The Bertz CT molecular complexity index is 464. The van der Waals surface area contributed by atoms with Crippen LogP contribution in [-0.2, 0) is 11.2 Å². The number of thiazole rings is 1. The molecule has 2 N–H and O–H groups in total. The minimum atomic E-state index is -0.474. The Balaban J connectivity index is 2.16. The first kappa shape index (κ1) is 13.1. The molecule has 0 fully saturated rings. The van der Waals surface area contributed by atoms with Crippen LogP contribution in [-0.4, -0.2) is 28.1 Å². The molecule has 0 aromatic carbocycles. The summed E-state index contributed by atoms with van der Waals surface area (Å²) in [6.45, 7) is 8.22. The van der Waals surface area contributed by atoms with Crippen molar-refractivity contribution in [1.29, 1.82) is 0 Å². The van der Waals surface area contributed by atoms with Crippen LogP contribution in [0.3, 0.4) is 0 Å². The summed E-state index contributed by atoms with van der Waals surface area (Å²) >= 11 is 1.51. The Kier molecular flexibility index (Phi) is 3.23. The molecule has 1 unspecified atom stereocenters. The zero-order valence-corrected chi connectivity index (χ0v) is 12.0. The van der Waals surface area contributed by atoms with Crippen LogP contribution < -0.4 is 5.73 Å². The van der Waals surface area contributed by atoms with Crippen LogP contribution in [0.4, 0.5) is 9.93 Å². The third-order valence-electron chi connectivity index (χ3n) is 2.82. The Hall–Kier alpha value is -1.30.